The second kappa shape index (κ2) is 6.57. The lowest BCUT2D eigenvalue weighted by atomic mass is 10.0. The van der Waals surface area contributed by atoms with Crippen molar-refractivity contribution in [2.75, 3.05) is 5.73 Å². The number of nitrogen functional groups attached to an aromatic ring is 1. The molecular formula is C20H16N4O. The zero-order valence-electron chi connectivity index (χ0n) is 13.5. The summed E-state index contributed by atoms with van der Waals surface area (Å²) in [5, 5.41) is 4.14. The first-order valence-corrected chi connectivity index (χ1v) is 7.96. The minimum atomic E-state index is 0.435. The Labute approximate surface area is 145 Å². The molecule has 0 spiro atoms. The number of aromatic nitrogens is 3. The zero-order valence-corrected chi connectivity index (χ0v) is 13.5. The van der Waals surface area contributed by atoms with Gasteiger partial charge in [-0.05, 0) is 29.8 Å². The molecule has 0 saturated carbocycles. The van der Waals surface area contributed by atoms with Crippen LogP contribution >= 0.6 is 0 Å². The predicted molar refractivity (Wildman–Crippen MR) is 96.6 cm³/mol. The molecule has 2 N–H and O–H groups in total. The minimum absolute atomic E-state index is 0.435. The SMILES string of the molecule is Nc1ncccc1-c1cc(Cc2ccc(-c3ccccn3)cc2)no1. The maximum absolute atomic E-state index is 5.88. The van der Waals surface area contributed by atoms with Gasteiger partial charge in [0.2, 0.25) is 0 Å². The third-order valence-corrected chi connectivity index (χ3v) is 3.96. The summed E-state index contributed by atoms with van der Waals surface area (Å²) in [6, 6.07) is 19.8. The van der Waals surface area contributed by atoms with Crippen molar-refractivity contribution < 1.29 is 4.52 Å². The van der Waals surface area contributed by atoms with Gasteiger partial charge in [-0.2, -0.15) is 0 Å². The topological polar surface area (TPSA) is 77.8 Å². The Balaban J connectivity index is 1.52. The van der Waals surface area contributed by atoms with E-state index in [0.717, 1.165) is 28.1 Å². The van der Waals surface area contributed by atoms with Gasteiger partial charge >= 0.3 is 0 Å². The van der Waals surface area contributed by atoms with Gasteiger partial charge in [0.05, 0.1) is 17.0 Å². The highest BCUT2D eigenvalue weighted by Gasteiger charge is 2.10. The van der Waals surface area contributed by atoms with E-state index in [4.69, 9.17) is 10.3 Å². The number of pyridine rings is 2. The summed E-state index contributed by atoms with van der Waals surface area (Å²) in [6.45, 7) is 0. The molecule has 25 heavy (non-hydrogen) atoms. The van der Waals surface area contributed by atoms with E-state index in [1.54, 1.807) is 12.4 Å². The van der Waals surface area contributed by atoms with Crippen LogP contribution in [0.1, 0.15) is 11.3 Å². The quantitative estimate of drug-likeness (QED) is 0.613. The highest BCUT2D eigenvalue weighted by Crippen LogP contribution is 2.25. The van der Waals surface area contributed by atoms with Crippen LogP contribution in [0, 0.1) is 0 Å². The van der Waals surface area contributed by atoms with Gasteiger partial charge in [-0.25, -0.2) is 4.98 Å². The Bertz CT molecular complexity index is 978. The Hall–Kier alpha value is -3.47. The van der Waals surface area contributed by atoms with E-state index >= 15 is 0 Å². The van der Waals surface area contributed by atoms with E-state index in [-0.39, 0.29) is 0 Å². The third-order valence-electron chi connectivity index (χ3n) is 3.96. The number of hydrogen-bond donors (Lipinski definition) is 1. The molecule has 5 nitrogen and oxygen atoms in total. The largest absolute Gasteiger partial charge is 0.383 e. The average Bonchev–Trinajstić information content (AvgIpc) is 3.12. The molecule has 5 heteroatoms. The van der Waals surface area contributed by atoms with Gasteiger partial charge in [0, 0.05) is 30.4 Å². The molecule has 1 aromatic carbocycles. The van der Waals surface area contributed by atoms with Crippen molar-refractivity contribution in [1.82, 2.24) is 15.1 Å². The molecule has 122 valence electrons. The second-order valence-electron chi connectivity index (χ2n) is 5.71. The predicted octanol–water partition coefficient (Wildman–Crippen LogP) is 3.97. The maximum atomic E-state index is 5.88. The fraction of sp³-hybridized carbons (Fsp3) is 0.0500. The molecule has 0 radical (unpaired) electrons. The summed E-state index contributed by atoms with van der Waals surface area (Å²) in [6.07, 6.45) is 4.13. The molecule has 0 aliphatic rings. The molecule has 0 saturated heterocycles. The Morgan fingerprint density at radius 1 is 0.880 bits per heavy atom. The van der Waals surface area contributed by atoms with Gasteiger partial charge in [0.15, 0.2) is 5.76 Å². The van der Waals surface area contributed by atoms with Gasteiger partial charge in [-0.1, -0.05) is 35.5 Å². The molecule has 4 rings (SSSR count). The fourth-order valence-corrected chi connectivity index (χ4v) is 2.68. The summed E-state index contributed by atoms with van der Waals surface area (Å²) in [7, 11) is 0. The van der Waals surface area contributed by atoms with Gasteiger partial charge < -0.3 is 10.3 Å². The Morgan fingerprint density at radius 2 is 1.72 bits per heavy atom. The number of nitrogens with zero attached hydrogens (tertiary/aromatic N) is 3. The fourth-order valence-electron chi connectivity index (χ4n) is 2.68. The van der Waals surface area contributed by atoms with Crippen molar-refractivity contribution in [1.29, 1.82) is 0 Å². The summed E-state index contributed by atoms with van der Waals surface area (Å²) in [4.78, 5) is 8.43. The number of hydrogen-bond acceptors (Lipinski definition) is 5. The van der Waals surface area contributed by atoms with Gasteiger partial charge in [0.25, 0.3) is 0 Å². The van der Waals surface area contributed by atoms with Gasteiger partial charge in [-0.3, -0.25) is 4.98 Å². The molecule has 4 aromatic rings. The van der Waals surface area contributed by atoms with Crippen LogP contribution in [0.4, 0.5) is 5.82 Å². The molecule has 0 aliphatic carbocycles. The van der Waals surface area contributed by atoms with E-state index in [1.165, 1.54) is 0 Å². The van der Waals surface area contributed by atoms with Crippen LogP contribution < -0.4 is 5.73 Å². The van der Waals surface area contributed by atoms with E-state index in [2.05, 4.69) is 39.4 Å². The van der Waals surface area contributed by atoms with Crippen LogP contribution in [0.5, 0.6) is 0 Å². The molecule has 0 bridgehead atoms. The monoisotopic (exact) mass is 328 g/mol. The first-order chi connectivity index (χ1) is 12.3. The smallest absolute Gasteiger partial charge is 0.170 e. The summed E-state index contributed by atoms with van der Waals surface area (Å²) in [5.74, 6) is 1.07. The third kappa shape index (κ3) is 3.26. The van der Waals surface area contributed by atoms with E-state index < -0.39 is 0 Å². The average molecular weight is 328 g/mol. The number of rotatable bonds is 4. The van der Waals surface area contributed by atoms with Crippen LogP contribution in [-0.2, 0) is 6.42 Å². The van der Waals surface area contributed by atoms with E-state index in [9.17, 15) is 0 Å². The molecular weight excluding hydrogens is 312 g/mol. The van der Waals surface area contributed by atoms with Gasteiger partial charge in [0.1, 0.15) is 5.82 Å². The number of anilines is 1. The summed E-state index contributed by atoms with van der Waals surface area (Å²) in [5.41, 5.74) is 10.7. The Kier molecular flexibility index (Phi) is 3.96. The van der Waals surface area contributed by atoms with E-state index in [1.807, 2.05) is 36.4 Å². The van der Waals surface area contributed by atoms with Crippen molar-refractivity contribution >= 4 is 5.82 Å². The van der Waals surface area contributed by atoms with Crippen LogP contribution in [0.15, 0.2) is 77.6 Å². The molecule has 0 unspecified atom stereocenters. The minimum Gasteiger partial charge on any atom is -0.383 e. The van der Waals surface area contributed by atoms with E-state index in [0.29, 0.717) is 18.0 Å². The Morgan fingerprint density at radius 3 is 2.48 bits per heavy atom. The lowest BCUT2D eigenvalue weighted by molar-refractivity contribution is 0.425. The standard InChI is InChI=1S/C20H16N4O/c21-20-17(4-3-11-23-20)19-13-16(24-25-19)12-14-6-8-15(9-7-14)18-5-1-2-10-22-18/h1-11,13H,12H2,(H2,21,23). The van der Waals surface area contributed by atoms with Crippen molar-refractivity contribution in [3.63, 3.8) is 0 Å². The molecule has 0 atom stereocenters. The first kappa shape index (κ1) is 15.1. The van der Waals surface area contributed by atoms with Gasteiger partial charge in [-0.15, -0.1) is 0 Å². The molecule has 0 aliphatic heterocycles. The molecule has 3 heterocycles. The van der Waals surface area contributed by atoms with Crippen LogP contribution in [-0.4, -0.2) is 15.1 Å². The van der Waals surface area contributed by atoms with Crippen molar-refractivity contribution in [3.05, 3.63) is 84.3 Å². The highest BCUT2D eigenvalue weighted by molar-refractivity contribution is 5.69. The molecule has 0 amide bonds. The molecule has 3 aromatic heterocycles. The summed E-state index contributed by atoms with van der Waals surface area (Å²) >= 11 is 0. The summed E-state index contributed by atoms with van der Waals surface area (Å²) < 4.78 is 5.42. The first-order valence-electron chi connectivity index (χ1n) is 7.96. The number of nitrogens with two attached hydrogens (primary N) is 1. The van der Waals surface area contributed by atoms with Crippen molar-refractivity contribution in [3.8, 4) is 22.6 Å². The maximum Gasteiger partial charge on any atom is 0.170 e. The number of benzene rings is 1. The van der Waals surface area contributed by atoms with Crippen LogP contribution in [0.25, 0.3) is 22.6 Å². The normalized spacial score (nSPS) is 10.7. The van der Waals surface area contributed by atoms with Crippen LogP contribution in [0.2, 0.25) is 0 Å². The lowest BCUT2D eigenvalue weighted by Gasteiger charge is -2.02. The molecule has 0 fully saturated rings. The lowest BCUT2D eigenvalue weighted by Crippen LogP contribution is -1.92. The highest BCUT2D eigenvalue weighted by atomic mass is 16.5. The van der Waals surface area contributed by atoms with Crippen molar-refractivity contribution in [2.45, 2.75) is 6.42 Å². The zero-order chi connectivity index (χ0) is 17.1. The van der Waals surface area contributed by atoms with Crippen molar-refractivity contribution in [2.24, 2.45) is 0 Å². The van der Waals surface area contributed by atoms with Crippen LogP contribution in [0.3, 0.4) is 0 Å². The second-order valence-corrected chi connectivity index (χ2v) is 5.71.